The average Bonchev–Trinajstić information content (AvgIpc) is 3.01. The third kappa shape index (κ3) is 3.07. The molecule has 0 atom stereocenters. The van der Waals surface area contributed by atoms with Gasteiger partial charge in [0.1, 0.15) is 5.82 Å². The molecule has 2 aromatic heterocycles. The number of nitrogens with one attached hydrogen (secondary N) is 1. The highest BCUT2D eigenvalue weighted by atomic mass is 79.9. The van der Waals surface area contributed by atoms with Gasteiger partial charge in [0.2, 0.25) is 0 Å². The number of hydrogen-bond acceptors (Lipinski definition) is 3. The lowest BCUT2D eigenvalue weighted by molar-refractivity contribution is 0.0986. The second kappa shape index (κ2) is 7.42. The fourth-order valence-corrected chi connectivity index (χ4v) is 4.20. The number of para-hydroxylation sites is 1. The Kier molecular flexibility index (Phi) is 4.59. The second-order valence-corrected chi connectivity index (χ2v) is 7.95. The Labute approximate surface area is 180 Å². The first-order chi connectivity index (χ1) is 14.6. The van der Waals surface area contributed by atoms with Gasteiger partial charge in [-0.2, -0.15) is 0 Å². The molecule has 1 aliphatic rings. The van der Waals surface area contributed by atoms with Gasteiger partial charge in [-0.15, -0.1) is 0 Å². The molecule has 148 valence electrons. The first kappa shape index (κ1) is 18.6. The van der Waals surface area contributed by atoms with Crippen molar-refractivity contribution in [1.82, 2.24) is 14.8 Å². The van der Waals surface area contributed by atoms with Crippen LogP contribution >= 0.6 is 15.9 Å². The molecule has 0 bridgehead atoms. The number of aromatic nitrogens is 3. The minimum atomic E-state index is -0.148. The van der Waals surface area contributed by atoms with Crippen LogP contribution in [0.5, 0.6) is 0 Å². The quantitative estimate of drug-likeness (QED) is 0.487. The fourth-order valence-electron chi connectivity index (χ4n) is 3.80. The molecule has 4 aromatic rings. The number of amides is 1. The van der Waals surface area contributed by atoms with E-state index in [1.807, 2.05) is 54.6 Å². The number of rotatable bonds is 2. The van der Waals surface area contributed by atoms with Gasteiger partial charge in [0, 0.05) is 33.9 Å². The van der Waals surface area contributed by atoms with Crippen molar-refractivity contribution in [3.8, 4) is 16.9 Å². The Morgan fingerprint density at radius 1 is 1.03 bits per heavy atom. The molecular weight excluding hydrogens is 444 g/mol. The number of hydrogen-bond donors (Lipinski definition) is 1. The summed E-state index contributed by atoms with van der Waals surface area (Å²) in [5.74, 6) is 0.396. The maximum Gasteiger partial charge on any atom is 0.275 e. The molecule has 0 fully saturated rings. The van der Waals surface area contributed by atoms with Gasteiger partial charge in [-0.1, -0.05) is 40.2 Å². The van der Waals surface area contributed by atoms with Gasteiger partial charge in [-0.05, 0) is 48.9 Å². The van der Waals surface area contributed by atoms with Crippen molar-refractivity contribution in [1.29, 1.82) is 0 Å². The van der Waals surface area contributed by atoms with Crippen LogP contribution in [0.1, 0.15) is 15.9 Å². The van der Waals surface area contributed by atoms with Crippen molar-refractivity contribution in [2.24, 2.45) is 0 Å². The molecule has 3 heterocycles. The number of carbonyl (C=O) groups is 1. The number of benzene rings is 2. The highest BCUT2D eigenvalue weighted by Gasteiger charge is 2.29. The van der Waals surface area contributed by atoms with E-state index in [0.717, 1.165) is 15.7 Å². The Balaban J connectivity index is 1.64. The zero-order valence-electron chi connectivity index (χ0n) is 15.9. The smallest absolute Gasteiger partial charge is 0.275 e. The van der Waals surface area contributed by atoms with E-state index in [0.29, 0.717) is 35.6 Å². The summed E-state index contributed by atoms with van der Waals surface area (Å²) in [7, 11) is 0. The van der Waals surface area contributed by atoms with Crippen LogP contribution in [0.15, 0.2) is 82.2 Å². The number of pyridine rings is 1. The van der Waals surface area contributed by atoms with Gasteiger partial charge in [0.05, 0.1) is 11.4 Å². The third-order valence-corrected chi connectivity index (χ3v) is 5.71. The van der Waals surface area contributed by atoms with Crippen LogP contribution in [0.3, 0.4) is 0 Å². The van der Waals surface area contributed by atoms with Crippen molar-refractivity contribution in [3.63, 3.8) is 0 Å². The molecule has 1 N–H and O–H groups in total. The number of anilines is 1. The van der Waals surface area contributed by atoms with Crippen LogP contribution in [-0.2, 0) is 6.42 Å². The molecule has 7 heteroatoms. The first-order valence-corrected chi connectivity index (χ1v) is 10.3. The van der Waals surface area contributed by atoms with E-state index in [1.54, 1.807) is 27.9 Å². The second-order valence-electron chi connectivity index (χ2n) is 7.03. The van der Waals surface area contributed by atoms with Crippen LogP contribution < -0.4 is 10.5 Å². The molecule has 1 amide bonds. The summed E-state index contributed by atoms with van der Waals surface area (Å²) in [6.07, 6.45) is 2.10. The Bertz CT molecular complexity index is 1310. The molecule has 0 saturated carbocycles. The van der Waals surface area contributed by atoms with Crippen molar-refractivity contribution >= 4 is 27.7 Å². The fraction of sp³-hybridized carbons (Fsp3) is 0.0870. The summed E-state index contributed by atoms with van der Waals surface area (Å²) in [5.41, 5.74) is 3.31. The first-order valence-electron chi connectivity index (χ1n) is 9.55. The molecular formula is C23H17BrN4O2. The molecule has 30 heavy (non-hydrogen) atoms. The van der Waals surface area contributed by atoms with E-state index < -0.39 is 0 Å². The van der Waals surface area contributed by atoms with Crippen molar-refractivity contribution < 1.29 is 4.79 Å². The lowest BCUT2D eigenvalue weighted by atomic mass is 10.1. The molecule has 0 radical (unpaired) electrons. The predicted octanol–water partition coefficient (Wildman–Crippen LogP) is 4.19. The van der Waals surface area contributed by atoms with E-state index >= 15 is 0 Å². The highest BCUT2D eigenvalue weighted by Crippen LogP contribution is 2.33. The largest absolute Gasteiger partial charge is 0.292 e. The van der Waals surface area contributed by atoms with Gasteiger partial charge in [0.15, 0.2) is 0 Å². The summed E-state index contributed by atoms with van der Waals surface area (Å²) in [6, 6.07) is 20.4. The number of carbonyl (C=O) groups excluding carboxylic acids is 1. The number of fused-ring (bicyclic) bond motifs is 3. The van der Waals surface area contributed by atoms with Gasteiger partial charge in [-0.25, -0.2) is 9.67 Å². The number of H-pyrrole nitrogens is 1. The molecule has 5 rings (SSSR count). The monoisotopic (exact) mass is 460 g/mol. The van der Waals surface area contributed by atoms with E-state index in [4.69, 9.17) is 0 Å². The molecule has 0 saturated heterocycles. The molecule has 0 aliphatic carbocycles. The van der Waals surface area contributed by atoms with Crippen molar-refractivity contribution in [2.45, 2.75) is 6.42 Å². The number of nitrogens with zero attached hydrogens (tertiary/aromatic N) is 3. The Hall–Kier alpha value is -3.45. The summed E-state index contributed by atoms with van der Waals surface area (Å²) in [6.45, 7) is 0.365. The minimum Gasteiger partial charge on any atom is -0.292 e. The lowest BCUT2D eigenvalue weighted by Crippen LogP contribution is -2.34. The van der Waals surface area contributed by atoms with E-state index in [9.17, 15) is 9.59 Å². The SMILES string of the molecule is O=C(c1cccc(Br)c1)N1CCc2c([nH]n(-c3ccccc3)c2=O)-c2cccnc21. The Morgan fingerprint density at radius 3 is 2.67 bits per heavy atom. The zero-order valence-corrected chi connectivity index (χ0v) is 17.5. The maximum absolute atomic E-state index is 13.3. The Morgan fingerprint density at radius 2 is 1.87 bits per heavy atom. The normalized spacial score (nSPS) is 12.8. The maximum atomic E-state index is 13.3. The summed E-state index contributed by atoms with van der Waals surface area (Å²) < 4.78 is 2.38. The zero-order chi connectivity index (χ0) is 20.7. The van der Waals surface area contributed by atoms with Crippen LogP contribution in [0.4, 0.5) is 5.82 Å². The minimum absolute atomic E-state index is 0.109. The van der Waals surface area contributed by atoms with Crippen LogP contribution in [-0.4, -0.2) is 27.2 Å². The summed E-state index contributed by atoms with van der Waals surface area (Å²) >= 11 is 3.42. The predicted molar refractivity (Wildman–Crippen MR) is 119 cm³/mol. The molecule has 6 nitrogen and oxygen atoms in total. The molecule has 0 unspecified atom stereocenters. The highest BCUT2D eigenvalue weighted by molar-refractivity contribution is 9.10. The molecule has 1 aliphatic heterocycles. The van der Waals surface area contributed by atoms with Crippen LogP contribution in [0.2, 0.25) is 0 Å². The standard InChI is InChI=1S/C23H17BrN4O2/c24-16-7-4-6-15(14-16)22(29)27-13-11-19-20(18-10-5-12-25-21(18)27)26-28(23(19)30)17-8-2-1-3-9-17/h1-10,12,14,26H,11,13H2. The summed E-state index contributed by atoms with van der Waals surface area (Å²) in [4.78, 5) is 32.6. The van der Waals surface area contributed by atoms with Gasteiger partial charge in [-0.3, -0.25) is 19.6 Å². The molecule has 0 spiro atoms. The van der Waals surface area contributed by atoms with Crippen molar-refractivity contribution in [3.05, 3.63) is 98.9 Å². The van der Waals surface area contributed by atoms with Crippen LogP contribution in [0.25, 0.3) is 16.9 Å². The van der Waals surface area contributed by atoms with Gasteiger partial charge < -0.3 is 0 Å². The van der Waals surface area contributed by atoms with Gasteiger partial charge >= 0.3 is 0 Å². The van der Waals surface area contributed by atoms with Crippen LogP contribution in [0, 0.1) is 0 Å². The van der Waals surface area contributed by atoms with Crippen molar-refractivity contribution in [2.75, 3.05) is 11.4 Å². The van der Waals surface area contributed by atoms with E-state index in [-0.39, 0.29) is 11.5 Å². The topological polar surface area (TPSA) is 71.0 Å². The average molecular weight is 461 g/mol. The molecule has 2 aromatic carbocycles. The third-order valence-electron chi connectivity index (χ3n) is 5.21. The van der Waals surface area contributed by atoms with Gasteiger partial charge in [0.25, 0.3) is 11.5 Å². The van der Waals surface area contributed by atoms with E-state index in [1.165, 1.54) is 0 Å². The number of aromatic amines is 1. The lowest BCUT2D eigenvalue weighted by Gasteiger charge is -2.22. The summed E-state index contributed by atoms with van der Waals surface area (Å²) in [5, 5.41) is 3.24. The number of halogens is 1. The van der Waals surface area contributed by atoms with E-state index in [2.05, 4.69) is 26.0 Å².